The van der Waals surface area contributed by atoms with Crippen molar-refractivity contribution in [3.05, 3.63) is 0 Å². The van der Waals surface area contributed by atoms with Crippen molar-refractivity contribution in [3.8, 4) is 0 Å². The zero-order valence-electron chi connectivity index (χ0n) is 11.1. The molecule has 1 aliphatic heterocycles. The Morgan fingerprint density at radius 2 is 1.95 bits per heavy atom. The van der Waals surface area contributed by atoms with Crippen molar-refractivity contribution in [2.45, 2.75) is 19.0 Å². The molecule has 0 aromatic heterocycles. The van der Waals surface area contributed by atoms with E-state index in [9.17, 15) is 27.6 Å². The number of carbonyl (C=O) groups is 3. The van der Waals surface area contributed by atoms with Gasteiger partial charge in [-0.15, -0.1) is 0 Å². The number of carboxylic acid groups (broad SMARTS) is 1. The first kappa shape index (κ1) is 17.1. The number of primary amides is 1. The summed E-state index contributed by atoms with van der Waals surface area (Å²) in [6.45, 7) is -2.65. The highest BCUT2D eigenvalue weighted by Gasteiger charge is 2.37. The molecule has 1 heterocycles. The number of aliphatic carboxylic acids is 1. The highest BCUT2D eigenvalue weighted by atomic mass is 19.4. The molecule has 7 nitrogen and oxygen atoms in total. The van der Waals surface area contributed by atoms with Gasteiger partial charge in [0, 0.05) is 13.1 Å². The number of hydrogen-bond acceptors (Lipinski definition) is 3. The Kier molecular flexibility index (Phi) is 5.39. The lowest BCUT2D eigenvalue weighted by Crippen LogP contribution is -2.52. The Labute approximate surface area is 118 Å². The third kappa shape index (κ3) is 5.48. The number of halogens is 3. The van der Waals surface area contributed by atoms with Crippen LogP contribution in [0.5, 0.6) is 0 Å². The summed E-state index contributed by atoms with van der Waals surface area (Å²) in [5, 5.41) is 8.61. The number of likely N-dealkylation sites (tertiary alicyclic amines) is 1. The van der Waals surface area contributed by atoms with E-state index in [0.29, 0.717) is 12.8 Å². The average Bonchev–Trinajstić information content (AvgIpc) is 2.35. The molecule has 0 spiro atoms. The molecule has 0 aliphatic carbocycles. The van der Waals surface area contributed by atoms with Gasteiger partial charge in [0.2, 0.25) is 5.91 Å². The molecule has 0 saturated carbocycles. The molecule has 1 fully saturated rings. The van der Waals surface area contributed by atoms with Gasteiger partial charge in [-0.25, -0.2) is 4.79 Å². The van der Waals surface area contributed by atoms with Crippen LogP contribution < -0.4 is 5.73 Å². The van der Waals surface area contributed by atoms with E-state index in [1.54, 1.807) is 0 Å². The second-order valence-corrected chi connectivity index (χ2v) is 4.84. The molecule has 1 aliphatic rings. The Morgan fingerprint density at radius 1 is 1.33 bits per heavy atom. The van der Waals surface area contributed by atoms with Crippen LogP contribution in [0.3, 0.4) is 0 Å². The van der Waals surface area contributed by atoms with Crippen LogP contribution in [0.1, 0.15) is 12.8 Å². The molecule has 10 heteroatoms. The van der Waals surface area contributed by atoms with Crippen LogP contribution in [0, 0.1) is 5.92 Å². The van der Waals surface area contributed by atoms with Crippen molar-refractivity contribution in [1.29, 1.82) is 0 Å². The third-order valence-electron chi connectivity index (χ3n) is 3.06. The summed E-state index contributed by atoms with van der Waals surface area (Å²) in [5.41, 5.74) is 5.12. The molecule has 0 radical (unpaired) electrons. The molecule has 1 atom stereocenters. The summed E-state index contributed by atoms with van der Waals surface area (Å²) in [6, 6.07) is -1.05. The molecular weight excluding hydrogens is 295 g/mol. The number of urea groups is 1. The van der Waals surface area contributed by atoms with Crippen LogP contribution in [0.25, 0.3) is 0 Å². The molecule has 1 saturated heterocycles. The van der Waals surface area contributed by atoms with Gasteiger partial charge in [0.05, 0.1) is 5.92 Å². The van der Waals surface area contributed by atoms with Crippen molar-refractivity contribution in [2.75, 3.05) is 26.2 Å². The van der Waals surface area contributed by atoms with Crippen LogP contribution >= 0.6 is 0 Å². The normalized spacial score (nSPS) is 19.2. The summed E-state index contributed by atoms with van der Waals surface area (Å²) in [4.78, 5) is 34.9. The van der Waals surface area contributed by atoms with Crippen LogP contribution in [0.2, 0.25) is 0 Å². The average molecular weight is 311 g/mol. The van der Waals surface area contributed by atoms with Gasteiger partial charge in [0.1, 0.15) is 13.1 Å². The van der Waals surface area contributed by atoms with E-state index >= 15 is 0 Å². The van der Waals surface area contributed by atoms with Crippen molar-refractivity contribution in [2.24, 2.45) is 11.7 Å². The Morgan fingerprint density at radius 3 is 2.43 bits per heavy atom. The van der Waals surface area contributed by atoms with E-state index in [1.807, 2.05) is 0 Å². The number of piperidine rings is 1. The smallest absolute Gasteiger partial charge is 0.406 e. The Hall–Kier alpha value is -2.00. The van der Waals surface area contributed by atoms with Gasteiger partial charge in [0.25, 0.3) is 0 Å². The molecule has 1 unspecified atom stereocenters. The Bertz CT molecular complexity index is 427. The summed E-state index contributed by atoms with van der Waals surface area (Å²) >= 11 is 0. The van der Waals surface area contributed by atoms with E-state index in [0.717, 1.165) is 4.90 Å². The minimum absolute atomic E-state index is 0.0951. The first-order valence-corrected chi connectivity index (χ1v) is 6.22. The van der Waals surface area contributed by atoms with E-state index in [-0.39, 0.29) is 18.0 Å². The first-order valence-electron chi connectivity index (χ1n) is 6.22. The fraction of sp³-hybridized carbons (Fsp3) is 0.727. The second kappa shape index (κ2) is 6.64. The third-order valence-corrected chi connectivity index (χ3v) is 3.06. The fourth-order valence-corrected chi connectivity index (χ4v) is 2.15. The number of hydrogen-bond donors (Lipinski definition) is 2. The predicted octanol–water partition coefficient (Wildman–Crippen LogP) is 0.253. The monoisotopic (exact) mass is 311 g/mol. The first-order chi connectivity index (χ1) is 9.60. The van der Waals surface area contributed by atoms with Gasteiger partial charge < -0.3 is 20.6 Å². The molecule has 0 aromatic carbocycles. The standard InChI is InChI=1S/C11H16F3N3O4/c12-11(13,14)6-17(5-8(18)19)10(21)16-3-1-2-7(4-16)9(15)20/h7H,1-6H2,(H2,15,20)(H,18,19). The summed E-state index contributed by atoms with van der Waals surface area (Å²) in [6.07, 6.45) is -3.83. The van der Waals surface area contributed by atoms with Crippen LogP contribution in [0.15, 0.2) is 0 Å². The van der Waals surface area contributed by atoms with E-state index < -0.39 is 43.1 Å². The zero-order valence-corrected chi connectivity index (χ0v) is 11.1. The number of nitrogens with two attached hydrogens (primary N) is 1. The number of rotatable bonds is 4. The topological polar surface area (TPSA) is 104 Å². The fourth-order valence-electron chi connectivity index (χ4n) is 2.15. The number of carbonyl (C=O) groups excluding carboxylic acids is 2. The summed E-state index contributed by atoms with van der Waals surface area (Å²) < 4.78 is 37.2. The quantitative estimate of drug-likeness (QED) is 0.776. The molecule has 0 aromatic rings. The number of nitrogens with zero attached hydrogens (tertiary/aromatic N) is 2. The molecular formula is C11H16F3N3O4. The summed E-state index contributed by atoms with van der Waals surface area (Å²) in [5.74, 6) is -2.80. The van der Waals surface area contributed by atoms with Crippen LogP contribution in [-0.4, -0.2) is 65.2 Å². The molecule has 120 valence electrons. The maximum absolute atomic E-state index is 12.4. The Balaban J connectivity index is 2.79. The molecule has 0 bridgehead atoms. The molecule has 3 N–H and O–H groups in total. The number of amides is 3. The van der Waals surface area contributed by atoms with Gasteiger partial charge in [-0.2, -0.15) is 13.2 Å². The second-order valence-electron chi connectivity index (χ2n) is 4.84. The summed E-state index contributed by atoms with van der Waals surface area (Å²) in [7, 11) is 0. The van der Waals surface area contributed by atoms with E-state index in [4.69, 9.17) is 10.8 Å². The predicted molar refractivity (Wildman–Crippen MR) is 64.2 cm³/mol. The van der Waals surface area contributed by atoms with Gasteiger partial charge in [-0.05, 0) is 12.8 Å². The van der Waals surface area contributed by atoms with Crippen molar-refractivity contribution in [3.63, 3.8) is 0 Å². The number of carboxylic acids is 1. The van der Waals surface area contributed by atoms with Crippen molar-refractivity contribution >= 4 is 17.9 Å². The van der Waals surface area contributed by atoms with Gasteiger partial charge in [0.15, 0.2) is 0 Å². The van der Waals surface area contributed by atoms with Crippen molar-refractivity contribution in [1.82, 2.24) is 9.80 Å². The lowest BCUT2D eigenvalue weighted by atomic mass is 9.98. The maximum atomic E-state index is 12.4. The highest BCUT2D eigenvalue weighted by Crippen LogP contribution is 2.21. The lowest BCUT2D eigenvalue weighted by molar-refractivity contribution is -0.150. The van der Waals surface area contributed by atoms with E-state index in [2.05, 4.69) is 0 Å². The molecule has 1 rings (SSSR count). The minimum atomic E-state index is -4.70. The minimum Gasteiger partial charge on any atom is -0.480 e. The van der Waals surface area contributed by atoms with Crippen LogP contribution in [-0.2, 0) is 9.59 Å². The van der Waals surface area contributed by atoms with Crippen LogP contribution in [0.4, 0.5) is 18.0 Å². The largest absolute Gasteiger partial charge is 0.480 e. The van der Waals surface area contributed by atoms with Crippen molar-refractivity contribution < 1.29 is 32.7 Å². The van der Waals surface area contributed by atoms with Gasteiger partial charge in [-0.1, -0.05) is 0 Å². The van der Waals surface area contributed by atoms with Gasteiger partial charge in [-0.3, -0.25) is 9.59 Å². The van der Waals surface area contributed by atoms with E-state index in [1.165, 1.54) is 0 Å². The molecule has 3 amide bonds. The van der Waals surface area contributed by atoms with Gasteiger partial charge >= 0.3 is 18.2 Å². The maximum Gasteiger partial charge on any atom is 0.406 e. The zero-order chi connectivity index (χ0) is 16.2. The lowest BCUT2D eigenvalue weighted by Gasteiger charge is -2.35. The SMILES string of the molecule is NC(=O)C1CCCN(C(=O)N(CC(=O)O)CC(F)(F)F)C1. The highest BCUT2D eigenvalue weighted by molar-refractivity contribution is 5.82. The number of alkyl halides is 3. The molecule has 21 heavy (non-hydrogen) atoms.